The van der Waals surface area contributed by atoms with Crippen molar-refractivity contribution in [2.24, 2.45) is 0 Å². The van der Waals surface area contributed by atoms with Crippen molar-refractivity contribution >= 4 is 12.0 Å². The lowest BCUT2D eigenvalue weighted by atomic mass is 9.82. The maximum Gasteiger partial charge on any atom is 0.417 e. The first-order chi connectivity index (χ1) is 11.8. The van der Waals surface area contributed by atoms with Gasteiger partial charge in [0.2, 0.25) is 0 Å². The molecule has 0 spiro atoms. The number of hydrogen-bond acceptors (Lipinski definition) is 3. The largest absolute Gasteiger partial charge is 0.465 e. The first-order valence-corrected chi connectivity index (χ1v) is 7.73. The van der Waals surface area contributed by atoms with Gasteiger partial charge in [0.15, 0.2) is 0 Å². The second-order valence-corrected chi connectivity index (χ2v) is 6.12. The number of hydrogen-bond donors (Lipinski definition) is 1. The van der Waals surface area contributed by atoms with Crippen molar-refractivity contribution in [3.63, 3.8) is 0 Å². The number of carbonyl (C=O) groups excluding carboxylic acids is 1. The summed E-state index contributed by atoms with van der Waals surface area (Å²) in [6.45, 7) is 0.400. The molecule has 2 unspecified atom stereocenters. The van der Waals surface area contributed by atoms with Crippen molar-refractivity contribution in [2.45, 2.75) is 18.1 Å². The summed E-state index contributed by atoms with van der Waals surface area (Å²) in [6.07, 6.45) is -5.81. The Bertz CT molecular complexity index is 707. The van der Waals surface area contributed by atoms with E-state index >= 15 is 0 Å². The molecule has 1 N–H and O–H groups in total. The van der Waals surface area contributed by atoms with E-state index in [0.717, 1.165) is 11.0 Å². The number of amides is 2. The molecule has 6 nitrogen and oxygen atoms in total. The molecule has 2 aliphatic heterocycles. The second kappa shape index (κ2) is 6.21. The van der Waals surface area contributed by atoms with Gasteiger partial charge in [-0.05, 0) is 11.6 Å². The zero-order chi connectivity index (χ0) is 18.4. The Morgan fingerprint density at radius 2 is 2.08 bits per heavy atom. The summed E-state index contributed by atoms with van der Waals surface area (Å²) < 4.78 is 45.1. The quantitative estimate of drug-likeness (QED) is 0.900. The van der Waals surface area contributed by atoms with Crippen LogP contribution >= 0.6 is 0 Å². The number of rotatable bonds is 3. The number of nitrogens with zero attached hydrogens (tertiary/aromatic N) is 2. The molecule has 1 aromatic rings. The lowest BCUT2D eigenvalue weighted by Gasteiger charge is -2.38. The van der Waals surface area contributed by atoms with E-state index in [0.29, 0.717) is 0 Å². The van der Waals surface area contributed by atoms with Gasteiger partial charge in [-0.3, -0.25) is 4.79 Å². The molecule has 0 aromatic heterocycles. The number of likely N-dealkylation sites (tertiary alicyclic amines) is 1. The van der Waals surface area contributed by atoms with Crippen molar-refractivity contribution in [1.29, 1.82) is 0 Å². The second-order valence-electron chi connectivity index (χ2n) is 6.12. The molecule has 3 rings (SSSR count). The molecule has 0 saturated carbocycles. The molecule has 1 fully saturated rings. The zero-order valence-corrected chi connectivity index (χ0v) is 13.4. The van der Waals surface area contributed by atoms with Gasteiger partial charge in [0.25, 0.3) is 5.91 Å². The van der Waals surface area contributed by atoms with Crippen LogP contribution in [0, 0.1) is 0 Å². The number of carbonyl (C=O) groups is 2. The molecule has 0 bridgehead atoms. The fourth-order valence-corrected chi connectivity index (χ4v) is 3.67. The van der Waals surface area contributed by atoms with Crippen LogP contribution in [0.3, 0.4) is 0 Å². The van der Waals surface area contributed by atoms with Crippen molar-refractivity contribution in [3.05, 3.63) is 34.9 Å². The summed E-state index contributed by atoms with van der Waals surface area (Å²) in [5, 5.41) is 9.24. The average molecular weight is 358 g/mol. The minimum atomic E-state index is -4.66. The average Bonchev–Trinajstić information content (AvgIpc) is 2.99. The predicted molar refractivity (Wildman–Crippen MR) is 80.5 cm³/mol. The Balaban J connectivity index is 2.11. The van der Waals surface area contributed by atoms with Gasteiger partial charge in [-0.2, -0.15) is 13.2 Å². The van der Waals surface area contributed by atoms with Gasteiger partial charge < -0.3 is 19.6 Å². The first kappa shape index (κ1) is 17.5. The van der Waals surface area contributed by atoms with Crippen LogP contribution in [0.1, 0.15) is 27.4 Å². The molecular formula is C16H17F3N2O4. The molecule has 1 aromatic carbocycles. The molecule has 2 aliphatic rings. The van der Waals surface area contributed by atoms with Crippen LogP contribution in [0.15, 0.2) is 18.2 Å². The van der Waals surface area contributed by atoms with Gasteiger partial charge in [-0.1, -0.05) is 12.1 Å². The van der Waals surface area contributed by atoms with Crippen molar-refractivity contribution in [2.75, 3.05) is 33.4 Å². The lowest BCUT2D eigenvalue weighted by Crippen LogP contribution is -2.50. The maximum atomic E-state index is 13.4. The molecule has 2 heterocycles. The summed E-state index contributed by atoms with van der Waals surface area (Å²) in [5.74, 6) is -1.21. The van der Waals surface area contributed by atoms with Gasteiger partial charge in [0.05, 0.1) is 23.8 Å². The summed E-state index contributed by atoms with van der Waals surface area (Å²) in [7, 11) is 1.43. The smallest absolute Gasteiger partial charge is 0.417 e. The van der Waals surface area contributed by atoms with Crippen LogP contribution in [0.2, 0.25) is 0 Å². The van der Waals surface area contributed by atoms with Crippen LogP contribution in [-0.4, -0.2) is 66.3 Å². The highest BCUT2D eigenvalue weighted by Crippen LogP contribution is 2.43. The molecule has 2 atom stereocenters. The molecule has 25 heavy (non-hydrogen) atoms. The highest BCUT2D eigenvalue weighted by atomic mass is 19.4. The van der Waals surface area contributed by atoms with Crippen molar-refractivity contribution in [3.8, 4) is 0 Å². The number of fused-ring (bicyclic) bond motifs is 3. The van der Waals surface area contributed by atoms with E-state index in [9.17, 15) is 27.9 Å². The Morgan fingerprint density at radius 3 is 2.68 bits per heavy atom. The molecule has 0 aliphatic carbocycles. The fraction of sp³-hybridized carbons (Fsp3) is 0.500. The van der Waals surface area contributed by atoms with E-state index in [1.54, 1.807) is 0 Å². The van der Waals surface area contributed by atoms with Crippen LogP contribution in [0.5, 0.6) is 0 Å². The Labute approximate surface area is 141 Å². The number of methoxy groups -OCH3 is 1. The third kappa shape index (κ3) is 2.92. The molecule has 9 heteroatoms. The van der Waals surface area contributed by atoms with Gasteiger partial charge in [0, 0.05) is 32.7 Å². The Kier molecular flexibility index (Phi) is 4.36. The number of halogens is 3. The Morgan fingerprint density at radius 1 is 1.36 bits per heavy atom. The number of ether oxygens (including phenoxy) is 1. The van der Waals surface area contributed by atoms with E-state index in [-0.39, 0.29) is 37.4 Å². The van der Waals surface area contributed by atoms with E-state index in [1.807, 2.05) is 0 Å². The van der Waals surface area contributed by atoms with Crippen molar-refractivity contribution in [1.82, 2.24) is 9.80 Å². The van der Waals surface area contributed by atoms with Crippen LogP contribution in [0.4, 0.5) is 18.0 Å². The number of alkyl halides is 3. The first-order valence-electron chi connectivity index (χ1n) is 7.73. The van der Waals surface area contributed by atoms with Gasteiger partial charge in [-0.15, -0.1) is 0 Å². The van der Waals surface area contributed by atoms with Crippen LogP contribution in [0.25, 0.3) is 0 Å². The molecule has 0 radical (unpaired) electrons. The molecule has 1 saturated heterocycles. The van der Waals surface area contributed by atoms with Gasteiger partial charge >= 0.3 is 12.3 Å². The van der Waals surface area contributed by atoms with Gasteiger partial charge in [0.1, 0.15) is 0 Å². The van der Waals surface area contributed by atoms with Crippen molar-refractivity contribution < 1.29 is 32.6 Å². The monoisotopic (exact) mass is 358 g/mol. The molecular weight excluding hydrogens is 341 g/mol. The minimum absolute atomic E-state index is 0.0606. The third-order valence-corrected chi connectivity index (χ3v) is 4.77. The highest BCUT2D eigenvalue weighted by Gasteiger charge is 2.49. The zero-order valence-electron chi connectivity index (χ0n) is 13.4. The van der Waals surface area contributed by atoms with Crippen LogP contribution in [-0.2, 0) is 10.9 Å². The highest BCUT2D eigenvalue weighted by molar-refractivity contribution is 5.99. The fourth-order valence-electron chi connectivity index (χ4n) is 3.67. The summed E-state index contributed by atoms with van der Waals surface area (Å²) in [4.78, 5) is 26.6. The summed E-state index contributed by atoms with van der Waals surface area (Å²) in [6, 6.07) is 3.14. The number of benzene rings is 1. The minimum Gasteiger partial charge on any atom is -0.465 e. The number of carboxylic acid groups (broad SMARTS) is 1. The topological polar surface area (TPSA) is 70.1 Å². The molecule has 136 valence electrons. The van der Waals surface area contributed by atoms with Crippen LogP contribution < -0.4 is 0 Å². The van der Waals surface area contributed by atoms with E-state index in [1.165, 1.54) is 24.1 Å². The third-order valence-electron chi connectivity index (χ3n) is 4.77. The SMILES string of the molecule is COCCN1C(=O)c2c(cccc2C(F)(F)F)C2CN(C(=O)O)CC21. The normalized spacial score (nSPS) is 22.8. The predicted octanol–water partition coefficient (Wildman–Crippen LogP) is 2.25. The van der Waals surface area contributed by atoms with E-state index in [4.69, 9.17) is 4.74 Å². The molecule has 2 amide bonds. The van der Waals surface area contributed by atoms with E-state index < -0.39 is 35.7 Å². The Hall–Kier alpha value is -2.29. The summed E-state index contributed by atoms with van der Waals surface area (Å²) >= 11 is 0. The standard InChI is InChI=1S/C16H17F3N2O4/c1-25-6-5-21-12-8-20(15(23)24)7-10(12)9-3-2-4-11(16(17,18)19)13(9)14(21)22/h2-4,10,12H,5-8H2,1H3,(H,23,24). The summed E-state index contributed by atoms with van der Waals surface area (Å²) in [5.41, 5.74) is -1.09. The van der Waals surface area contributed by atoms with E-state index in [2.05, 4.69) is 0 Å². The lowest BCUT2D eigenvalue weighted by molar-refractivity contribution is -0.138. The van der Waals surface area contributed by atoms with Gasteiger partial charge in [-0.25, -0.2) is 4.79 Å². The maximum absolute atomic E-state index is 13.4.